The molecule has 176 valence electrons. The van der Waals surface area contributed by atoms with E-state index in [0.717, 1.165) is 41.6 Å². The molecule has 0 spiro atoms. The normalized spacial score (nSPS) is 19.3. The summed E-state index contributed by atoms with van der Waals surface area (Å²) in [6.45, 7) is 5.85. The molecule has 0 bridgehead atoms. The number of carbonyl (C=O) groups excluding carboxylic acids is 2. The van der Waals surface area contributed by atoms with Crippen LogP contribution in [0, 0.1) is 12.8 Å². The van der Waals surface area contributed by atoms with Gasteiger partial charge in [-0.2, -0.15) is 4.31 Å². The van der Waals surface area contributed by atoms with Gasteiger partial charge in [0.05, 0.1) is 10.8 Å². The number of hydrogen-bond donors (Lipinski definition) is 1. The Morgan fingerprint density at radius 2 is 1.79 bits per heavy atom. The highest BCUT2D eigenvalue weighted by molar-refractivity contribution is 7.89. The van der Waals surface area contributed by atoms with Gasteiger partial charge in [-0.15, -0.1) is 0 Å². The van der Waals surface area contributed by atoms with Crippen LogP contribution in [0.15, 0.2) is 47.4 Å². The zero-order valence-corrected chi connectivity index (χ0v) is 20.0. The summed E-state index contributed by atoms with van der Waals surface area (Å²) in [5, 5.41) is 2.91. The van der Waals surface area contributed by atoms with Crippen LogP contribution in [-0.2, 0) is 32.6 Å². The Morgan fingerprint density at radius 3 is 2.45 bits per heavy atom. The Labute approximate surface area is 195 Å². The molecule has 2 amide bonds. The second-order valence-corrected chi connectivity index (χ2v) is 10.8. The third-order valence-electron chi connectivity index (χ3n) is 6.56. The van der Waals surface area contributed by atoms with Crippen LogP contribution < -0.4 is 10.2 Å². The summed E-state index contributed by atoms with van der Waals surface area (Å²) in [5.41, 5.74) is 3.88. The number of benzene rings is 2. The zero-order valence-electron chi connectivity index (χ0n) is 19.2. The van der Waals surface area contributed by atoms with Crippen LogP contribution in [-0.4, -0.2) is 44.2 Å². The van der Waals surface area contributed by atoms with E-state index in [2.05, 4.69) is 12.2 Å². The molecular weight excluding hydrogens is 438 g/mol. The van der Waals surface area contributed by atoms with Crippen LogP contribution in [0.1, 0.15) is 42.9 Å². The zero-order chi connectivity index (χ0) is 23.6. The van der Waals surface area contributed by atoms with Crippen molar-refractivity contribution < 1.29 is 18.0 Å². The van der Waals surface area contributed by atoms with E-state index in [4.69, 9.17) is 0 Å². The fourth-order valence-corrected chi connectivity index (χ4v) is 6.20. The maximum absolute atomic E-state index is 12.8. The van der Waals surface area contributed by atoms with Gasteiger partial charge < -0.3 is 10.2 Å². The standard InChI is InChI=1S/C25H31N3O4S/c1-3-20-8-6-7-18(2)24(20)28-17-21(15-23(28)29)25(30)26-16-19-9-11-22(12-10-19)33(31,32)27-13-4-5-14-27/h6-12,21H,3-5,13-17H2,1-2H3,(H,26,30). The van der Waals surface area contributed by atoms with Gasteiger partial charge in [0, 0.05) is 38.3 Å². The SMILES string of the molecule is CCc1cccc(C)c1N1CC(C(=O)NCc2ccc(S(=O)(=O)N3CCCC3)cc2)CC1=O. The second-order valence-electron chi connectivity index (χ2n) is 8.81. The van der Waals surface area contributed by atoms with Gasteiger partial charge in [0.15, 0.2) is 0 Å². The first-order chi connectivity index (χ1) is 15.8. The molecule has 2 saturated heterocycles. The van der Waals surface area contributed by atoms with E-state index in [-0.39, 0.29) is 29.7 Å². The monoisotopic (exact) mass is 469 g/mol. The predicted molar refractivity (Wildman–Crippen MR) is 127 cm³/mol. The summed E-state index contributed by atoms with van der Waals surface area (Å²) in [5.74, 6) is -0.599. The Morgan fingerprint density at radius 1 is 1.09 bits per heavy atom. The fourth-order valence-electron chi connectivity index (χ4n) is 4.68. The van der Waals surface area contributed by atoms with E-state index >= 15 is 0 Å². The van der Waals surface area contributed by atoms with Crippen molar-refractivity contribution >= 4 is 27.5 Å². The molecule has 2 aromatic carbocycles. The lowest BCUT2D eigenvalue weighted by atomic mass is 10.0. The number of para-hydroxylation sites is 1. The number of amides is 2. The van der Waals surface area contributed by atoms with Crippen molar-refractivity contribution in [1.82, 2.24) is 9.62 Å². The van der Waals surface area contributed by atoms with Gasteiger partial charge in [-0.05, 0) is 55.0 Å². The van der Waals surface area contributed by atoms with E-state index in [1.165, 1.54) is 4.31 Å². The van der Waals surface area contributed by atoms with E-state index in [1.54, 1.807) is 29.2 Å². The second kappa shape index (κ2) is 9.65. The number of nitrogens with one attached hydrogen (secondary N) is 1. The lowest BCUT2D eigenvalue weighted by Crippen LogP contribution is -2.33. The molecule has 7 nitrogen and oxygen atoms in total. The number of nitrogens with zero attached hydrogens (tertiary/aromatic N) is 2. The quantitative estimate of drug-likeness (QED) is 0.675. The van der Waals surface area contributed by atoms with Crippen LogP contribution in [0.5, 0.6) is 0 Å². The molecule has 1 atom stereocenters. The molecule has 2 aliphatic rings. The van der Waals surface area contributed by atoms with Crippen molar-refractivity contribution in [1.29, 1.82) is 0 Å². The van der Waals surface area contributed by atoms with Gasteiger partial charge in [-0.3, -0.25) is 9.59 Å². The molecule has 2 aromatic rings. The van der Waals surface area contributed by atoms with Gasteiger partial charge in [-0.1, -0.05) is 37.3 Å². The molecule has 8 heteroatoms. The van der Waals surface area contributed by atoms with Crippen molar-refractivity contribution in [2.75, 3.05) is 24.5 Å². The average Bonchev–Trinajstić information content (AvgIpc) is 3.48. The van der Waals surface area contributed by atoms with E-state index < -0.39 is 15.9 Å². The topological polar surface area (TPSA) is 86.8 Å². The molecule has 0 aromatic heterocycles. The Kier molecular flexibility index (Phi) is 6.86. The molecule has 1 unspecified atom stereocenters. The minimum atomic E-state index is -3.44. The molecule has 4 rings (SSSR count). The molecule has 0 saturated carbocycles. The first-order valence-electron chi connectivity index (χ1n) is 11.6. The first-order valence-corrected chi connectivity index (χ1v) is 13.0. The number of sulfonamides is 1. The van der Waals surface area contributed by atoms with Crippen molar-refractivity contribution in [2.45, 2.75) is 51.0 Å². The highest BCUT2D eigenvalue weighted by Crippen LogP contribution is 2.31. The summed E-state index contributed by atoms with van der Waals surface area (Å²) in [4.78, 5) is 27.5. The highest BCUT2D eigenvalue weighted by Gasteiger charge is 2.36. The molecule has 2 heterocycles. The van der Waals surface area contributed by atoms with Crippen molar-refractivity contribution in [3.8, 4) is 0 Å². The third-order valence-corrected chi connectivity index (χ3v) is 8.47. The maximum Gasteiger partial charge on any atom is 0.243 e. The molecule has 0 radical (unpaired) electrons. The molecule has 1 N–H and O–H groups in total. The lowest BCUT2D eigenvalue weighted by Gasteiger charge is -2.22. The van der Waals surface area contributed by atoms with Crippen LogP contribution >= 0.6 is 0 Å². The Balaban J connectivity index is 1.37. The van der Waals surface area contributed by atoms with Crippen LogP contribution in [0.4, 0.5) is 5.69 Å². The first kappa shape index (κ1) is 23.4. The molecule has 0 aliphatic carbocycles. The van der Waals surface area contributed by atoms with E-state index in [0.29, 0.717) is 19.6 Å². The third kappa shape index (κ3) is 4.82. The minimum absolute atomic E-state index is 0.0318. The number of anilines is 1. The highest BCUT2D eigenvalue weighted by atomic mass is 32.2. The van der Waals surface area contributed by atoms with Gasteiger partial charge in [0.2, 0.25) is 21.8 Å². The van der Waals surface area contributed by atoms with Gasteiger partial charge in [-0.25, -0.2) is 8.42 Å². The average molecular weight is 470 g/mol. The minimum Gasteiger partial charge on any atom is -0.352 e. The number of hydrogen-bond acceptors (Lipinski definition) is 4. The summed E-state index contributed by atoms with van der Waals surface area (Å²) < 4.78 is 26.8. The smallest absolute Gasteiger partial charge is 0.243 e. The van der Waals surface area contributed by atoms with Crippen LogP contribution in [0.2, 0.25) is 0 Å². The lowest BCUT2D eigenvalue weighted by molar-refractivity contribution is -0.126. The Bertz CT molecular complexity index is 1140. The number of carbonyl (C=O) groups is 2. The molecule has 2 fully saturated rings. The van der Waals surface area contributed by atoms with E-state index in [1.807, 2.05) is 25.1 Å². The maximum atomic E-state index is 12.8. The van der Waals surface area contributed by atoms with Crippen LogP contribution in [0.3, 0.4) is 0 Å². The predicted octanol–water partition coefficient (Wildman–Crippen LogP) is 3.01. The van der Waals surface area contributed by atoms with Gasteiger partial charge in [0.1, 0.15) is 0 Å². The van der Waals surface area contributed by atoms with Gasteiger partial charge >= 0.3 is 0 Å². The van der Waals surface area contributed by atoms with Crippen LogP contribution in [0.25, 0.3) is 0 Å². The van der Waals surface area contributed by atoms with Crippen molar-refractivity contribution in [3.05, 3.63) is 59.2 Å². The van der Waals surface area contributed by atoms with Crippen molar-refractivity contribution in [2.24, 2.45) is 5.92 Å². The van der Waals surface area contributed by atoms with Crippen molar-refractivity contribution in [3.63, 3.8) is 0 Å². The number of rotatable bonds is 7. The molecule has 2 aliphatic heterocycles. The number of aryl methyl sites for hydroxylation is 2. The molecule has 33 heavy (non-hydrogen) atoms. The molecular formula is C25H31N3O4S. The summed E-state index contributed by atoms with van der Waals surface area (Å²) in [7, 11) is -3.44. The Hall–Kier alpha value is -2.71. The fraction of sp³-hybridized carbons (Fsp3) is 0.440. The van der Waals surface area contributed by atoms with E-state index in [9.17, 15) is 18.0 Å². The largest absolute Gasteiger partial charge is 0.352 e. The summed E-state index contributed by atoms with van der Waals surface area (Å²) in [6.07, 6.45) is 2.81. The van der Waals surface area contributed by atoms with Gasteiger partial charge in [0.25, 0.3) is 0 Å². The summed E-state index contributed by atoms with van der Waals surface area (Å²) >= 11 is 0. The summed E-state index contributed by atoms with van der Waals surface area (Å²) in [6, 6.07) is 12.7.